The van der Waals surface area contributed by atoms with Crippen LogP contribution in [0.1, 0.15) is 13.8 Å². The van der Waals surface area contributed by atoms with Gasteiger partial charge in [0.1, 0.15) is 0 Å². The van der Waals surface area contributed by atoms with Crippen LogP contribution in [-0.2, 0) is 11.3 Å². The molecule has 0 saturated heterocycles. The maximum atomic E-state index is 12.9. The van der Waals surface area contributed by atoms with Crippen LogP contribution in [0, 0.1) is 0 Å². The molecule has 0 radical (unpaired) electrons. The normalized spacial score (nSPS) is 13.4. The number of amides is 1. The van der Waals surface area contributed by atoms with Crippen molar-refractivity contribution in [3.8, 4) is 23.0 Å². The van der Waals surface area contributed by atoms with Gasteiger partial charge in [0.2, 0.25) is 18.6 Å². The lowest BCUT2D eigenvalue weighted by Crippen LogP contribution is -2.22. The fraction of sp³-hybridized carbons (Fsp3) is 0.192. The highest BCUT2D eigenvalue weighted by Crippen LogP contribution is 2.36. The summed E-state index contributed by atoms with van der Waals surface area (Å²) >= 11 is 1.21. The third-order valence-electron chi connectivity index (χ3n) is 6.03. The molecule has 8 nitrogen and oxygen atoms in total. The molecule has 1 N–H and O–H groups in total. The zero-order valence-electron chi connectivity index (χ0n) is 19.1. The second-order valence-electron chi connectivity index (χ2n) is 8.18. The summed E-state index contributed by atoms with van der Waals surface area (Å²) in [5.41, 5.74) is 3.81. The average molecular weight is 487 g/mol. The predicted molar refractivity (Wildman–Crippen MR) is 135 cm³/mol. The summed E-state index contributed by atoms with van der Waals surface area (Å²) in [6.07, 6.45) is 0. The van der Waals surface area contributed by atoms with Crippen LogP contribution in [0.5, 0.6) is 11.5 Å². The van der Waals surface area contributed by atoms with E-state index in [0.717, 1.165) is 28.7 Å². The molecule has 1 aliphatic heterocycles. The van der Waals surface area contributed by atoms with Crippen LogP contribution in [0.3, 0.4) is 0 Å². The van der Waals surface area contributed by atoms with Crippen LogP contribution in [0.2, 0.25) is 0 Å². The number of aromatic nitrogens is 3. The van der Waals surface area contributed by atoms with Gasteiger partial charge < -0.3 is 23.8 Å². The van der Waals surface area contributed by atoms with E-state index in [-0.39, 0.29) is 12.7 Å². The molecule has 1 unspecified atom stereocenters. The van der Waals surface area contributed by atoms with Gasteiger partial charge in [-0.15, -0.1) is 10.2 Å². The zero-order chi connectivity index (χ0) is 23.9. The first-order valence-corrected chi connectivity index (χ1v) is 12.2. The van der Waals surface area contributed by atoms with E-state index in [1.807, 2.05) is 37.3 Å². The van der Waals surface area contributed by atoms with Gasteiger partial charge >= 0.3 is 0 Å². The smallest absolute Gasteiger partial charge is 0.277 e. The second kappa shape index (κ2) is 8.66. The van der Waals surface area contributed by atoms with Gasteiger partial charge in [-0.2, -0.15) is 0 Å². The molecule has 1 aliphatic rings. The van der Waals surface area contributed by atoms with Gasteiger partial charge in [0, 0.05) is 39.6 Å². The van der Waals surface area contributed by atoms with Crippen LogP contribution in [0.15, 0.2) is 70.3 Å². The Balaban J connectivity index is 1.18. The van der Waals surface area contributed by atoms with Gasteiger partial charge in [-0.25, -0.2) is 0 Å². The van der Waals surface area contributed by atoms with Crippen molar-refractivity contribution in [2.75, 3.05) is 12.1 Å². The Morgan fingerprint density at radius 2 is 1.86 bits per heavy atom. The highest BCUT2D eigenvalue weighted by Gasteiger charge is 2.21. The zero-order valence-corrected chi connectivity index (χ0v) is 20.0. The van der Waals surface area contributed by atoms with Crippen LogP contribution in [-0.4, -0.2) is 32.7 Å². The SMILES string of the molecule is CCn1c2ccccc2c2cc(NC(=O)C(C)Sc3nnc(-c4ccc5c(c4)OCO5)o3)ccc21. The molecule has 6 rings (SSSR count). The van der Waals surface area contributed by atoms with Crippen LogP contribution in [0.4, 0.5) is 5.69 Å². The van der Waals surface area contributed by atoms with Gasteiger partial charge in [-0.1, -0.05) is 30.0 Å². The fourth-order valence-electron chi connectivity index (χ4n) is 4.32. The molecular weight excluding hydrogens is 464 g/mol. The highest BCUT2D eigenvalue weighted by molar-refractivity contribution is 8.00. The molecule has 0 bridgehead atoms. The Morgan fingerprint density at radius 1 is 1.03 bits per heavy atom. The van der Waals surface area contributed by atoms with Gasteiger partial charge in [0.05, 0.1) is 5.25 Å². The predicted octanol–water partition coefficient (Wildman–Crippen LogP) is 5.71. The second-order valence-corrected chi connectivity index (χ2v) is 9.48. The van der Waals surface area contributed by atoms with Crippen molar-refractivity contribution < 1.29 is 18.7 Å². The van der Waals surface area contributed by atoms with Crippen molar-refractivity contribution in [3.63, 3.8) is 0 Å². The minimum absolute atomic E-state index is 0.142. The van der Waals surface area contributed by atoms with E-state index in [1.54, 1.807) is 12.1 Å². The molecule has 0 spiro atoms. The summed E-state index contributed by atoms with van der Waals surface area (Å²) in [5.74, 6) is 1.54. The third kappa shape index (κ3) is 3.87. The van der Waals surface area contributed by atoms with E-state index in [0.29, 0.717) is 22.6 Å². The molecule has 0 fully saturated rings. The van der Waals surface area contributed by atoms with Crippen molar-refractivity contribution in [2.45, 2.75) is 30.9 Å². The number of aryl methyl sites for hydroxylation is 1. The monoisotopic (exact) mass is 486 g/mol. The quantitative estimate of drug-likeness (QED) is 0.307. The Kier molecular flexibility index (Phi) is 5.33. The molecule has 0 aliphatic carbocycles. The highest BCUT2D eigenvalue weighted by atomic mass is 32.2. The Hall–Kier alpha value is -3.98. The van der Waals surface area contributed by atoms with Crippen molar-refractivity contribution in [1.29, 1.82) is 0 Å². The van der Waals surface area contributed by atoms with E-state index in [1.165, 1.54) is 22.7 Å². The number of carbonyl (C=O) groups is 1. The van der Waals surface area contributed by atoms with E-state index in [9.17, 15) is 4.79 Å². The van der Waals surface area contributed by atoms with Crippen molar-refractivity contribution in [3.05, 3.63) is 60.7 Å². The molecule has 3 aromatic carbocycles. The summed E-state index contributed by atoms with van der Waals surface area (Å²) in [6.45, 7) is 5.02. The number of nitrogens with one attached hydrogen (secondary N) is 1. The Bertz CT molecular complexity index is 1570. The maximum absolute atomic E-state index is 12.9. The topological polar surface area (TPSA) is 91.4 Å². The lowest BCUT2D eigenvalue weighted by atomic mass is 10.1. The molecule has 1 amide bonds. The number of ether oxygens (including phenoxy) is 2. The molecular formula is C26H22N4O4S. The molecule has 0 saturated carbocycles. The number of fused-ring (bicyclic) bond motifs is 4. The van der Waals surface area contributed by atoms with Gasteiger partial charge in [-0.05, 0) is 56.3 Å². The molecule has 176 valence electrons. The van der Waals surface area contributed by atoms with Crippen LogP contribution >= 0.6 is 11.8 Å². The first-order valence-electron chi connectivity index (χ1n) is 11.3. The maximum Gasteiger partial charge on any atom is 0.277 e. The number of hydrogen-bond acceptors (Lipinski definition) is 7. The number of thioether (sulfide) groups is 1. The molecule has 3 heterocycles. The first-order chi connectivity index (χ1) is 17.1. The van der Waals surface area contributed by atoms with E-state index >= 15 is 0 Å². The summed E-state index contributed by atoms with van der Waals surface area (Å²) in [7, 11) is 0. The average Bonchev–Trinajstić information content (AvgIpc) is 3.60. The summed E-state index contributed by atoms with van der Waals surface area (Å²) in [5, 5.41) is 13.4. The number of carbonyl (C=O) groups excluding carboxylic acids is 1. The number of nitrogens with zero attached hydrogens (tertiary/aromatic N) is 3. The van der Waals surface area contributed by atoms with E-state index in [4.69, 9.17) is 13.9 Å². The van der Waals surface area contributed by atoms with Gasteiger partial charge in [0.25, 0.3) is 5.22 Å². The number of anilines is 1. The molecule has 5 aromatic rings. The standard InChI is InChI=1S/C26H22N4O4S/c1-3-30-20-7-5-4-6-18(20)19-13-17(9-10-21(19)30)27-24(31)15(2)35-26-29-28-25(34-26)16-8-11-22-23(12-16)33-14-32-22/h4-13,15H,3,14H2,1-2H3,(H,27,31). The molecule has 9 heteroatoms. The fourth-order valence-corrected chi connectivity index (χ4v) is 5.01. The lowest BCUT2D eigenvalue weighted by Gasteiger charge is -2.10. The van der Waals surface area contributed by atoms with Crippen LogP contribution < -0.4 is 14.8 Å². The lowest BCUT2D eigenvalue weighted by molar-refractivity contribution is -0.115. The number of benzene rings is 3. The summed E-state index contributed by atoms with van der Waals surface area (Å²) in [6, 6.07) is 19.8. The van der Waals surface area contributed by atoms with Crippen molar-refractivity contribution >= 4 is 45.2 Å². The van der Waals surface area contributed by atoms with Crippen molar-refractivity contribution in [1.82, 2.24) is 14.8 Å². The largest absolute Gasteiger partial charge is 0.454 e. The first kappa shape index (κ1) is 21.5. The van der Waals surface area contributed by atoms with Gasteiger partial charge in [-0.3, -0.25) is 4.79 Å². The Labute approximate surface area is 205 Å². The summed E-state index contributed by atoms with van der Waals surface area (Å²) in [4.78, 5) is 12.9. The van der Waals surface area contributed by atoms with E-state index in [2.05, 4.69) is 45.2 Å². The summed E-state index contributed by atoms with van der Waals surface area (Å²) < 4.78 is 18.8. The molecule has 1 atom stereocenters. The van der Waals surface area contributed by atoms with E-state index < -0.39 is 5.25 Å². The molecule has 2 aromatic heterocycles. The Morgan fingerprint density at radius 3 is 2.74 bits per heavy atom. The van der Waals surface area contributed by atoms with Gasteiger partial charge in [0.15, 0.2) is 11.5 Å². The minimum Gasteiger partial charge on any atom is -0.454 e. The minimum atomic E-state index is -0.437. The number of rotatable bonds is 6. The third-order valence-corrected chi connectivity index (χ3v) is 6.96. The van der Waals surface area contributed by atoms with Crippen molar-refractivity contribution in [2.24, 2.45) is 0 Å². The van der Waals surface area contributed by atoms with Crippen LogP contribution in [0.25, 0.3) is 33.3 Å². The number of hydrogen-bond donors (Lipinski definition) is 1. The number of para-hydroxylation sites is 1. The molecule has 35 heavy (non-hydrogen) atoms.